The highest BCUT2D eigenvalue weighted by Crippen LogP contribution is 2.41. The first-order valence-corrected chi connectivity index (χ1v) is 9.02. The third-order valence-corrected chi connectivity index (χ3v) is 7.02. The molecule has 0 saturated carbocycles. The van der Waals surface area contributed by atoms with Crippen molar-refractivity contribution >= 4 is 21.6 Å². The van der Waals surface area contributed by atoms with E-state index in [1.54, 1.807) is 16.4 Å². The standard InChI is InChI=1S/C15H20ClNO2S/c1-10-3-6-15(7-11(10)2)20(18,19)17-13-4-5-14(17)9-12(16)8-13/h3,6-7,12-14H,4-5,8-9H2,1-2H3. The molecule has 0 amide bonds. The molecule has 3 nitrogen and oxygen atoms in total. The maximum atomic E-state index is 12.9. The smallest absolute Gasteiger partial charge is 0.207 e. The second-order valence-corrected chi connectivity index (χ2v) is 8.50. The van der Waals surface area contributed by atoms with Gasteiger partial charge < -0.3 is 0 Å². The van der Waals surface area contributed by atoms with Gasteiger partial charge >= 0.3 is 0 Å². The Morgan fingerprint density at radius 2 is 1.70 bits per heavy atom. The van der Waals surface area contributed by atoms with Gasteiger partial charge in [-0.05, 0) is 62.8 Å². The Balaban J connectivity index is 1.98. The first-order chi connectivity index (χ1) is 9.39. The Morgan fingerprint density at radius 3 is 2.25 bits per heavy atom. The summed E-state index contributed by atoms with van der Waals surface area (Å²) in [5.74, 6) is 0. The number of hydrogen-bond donors (Lipinski definition) is 0. The van der Waals surface area contributed by atoms with Gasteiger partial charge in [0.15, 0.2) is 0 Å². The van der Waals surface area contributed by atoms with E-state index in [1.807, 2.05) is 19.9 Å². The molecule has 1 aromatic carbocycles. The van der Waals surface area contributed by atoms with Crippen LogP contribution in [0, 0.1) is 13.8 Å². The van der Waals surface area contributed by atoms with Crippen LogP contribution in [0.4, 0.5) is 0 Å². The van der Waals surface area contributed by atoms with Crippen LogP contribution in [0.1, 0.15) is 36.8 Å². The van der Waals surface area contributed by atoms with Crippen LogP contribution < -0.4 is 0 Å². The van der Waals surface area contributed by atoms with E-state index in [-0.39, 0.29) is 17.5 Å². The lowest BCUT2D eigenvalue weighted by Crippen LogP contribution is -2.46. The lowest BCUT2D eigenvalue weighted by atomic mass is 10.1. The van der Waals surface area contributed by atoms with Crippen molar-refractivity contribution in [2.45, 2.75) is 61.9 Å². The van der Waals surface area contributed by atoms with Crippen molar-refractivity contribution in [1.29, 1.82) is 0 Å². The average Bonchev–Trinajstić information content (AvgIpc) is 2.66. The fourth-order valence-electron chi connectivity index (χ4n) is 3.46. The summed E-state index contributed by atoms with van der Waals surface area (Å²) in [6.07, 6.45) is 3.44. The topological polar surface area (TPSA) is 37.4 Å². The van der Waals surface area contributed by atoms with Gasteiger partial charge in [0.2, 0.25) is 10.0 Å². The molecule has 2 aliphatic rings. The molecular weight excluding hydrogens is 294 g/mol. The summed E-state index contributed by atoms with van der Waals surface area (Å²) in [5.41, 5.74) is 2.14. The van der Waals surface area contributed by atoms with Crippen molar-refractivity contribution in [2.24, 2.45) is 0 Å². The van der Waals surface area contributed by atoms with Gasteiger partial charge in [-0.3, -0.25) is 0 Å². The Hall–Kier alpha value is -0.580. The minimum atomic E-state index is -3.39. The number of aryl methyl sites for hydroxylation is 2. The first kappa shape index (κ1) is 14.4. The van der Waals surface area contributed by atoms with Crippen molar-refractivity contribution in [3.05, 3.63) is 29.3 Å². The molecule has 0 radical (unpaired) electrons. The van der Waals surface area contributed by atoms with E-state index < -0.39 is 10.0 Å². The van der Waals surface area contributed by atoms with Gasteiger partial charge in [-0.2, -0.15) is 4.31 Å². The zero-order valence-corrected chi connectivity index (χ0v) is 13.4. The van der Waals surface area contributed by atoms with Crippen LogP contribution in [0.15, 0.2) is 23.1 Å². The molecule has 2 saturated heterocycles. The summed E-state index contributed by atoms with van der Waals surface area (Å²) >= 11 is 6.23. The number of nitrogens with zero attached hydrogens (tertiary/aromatic N) is 1. The maximum absolute atomic E-state index is 12.9. The third kappa shape index (κ3) is 2.28. The fraction of sp³-hybridized carbons (Fsp3) is 0.600. The summed E-state index contributed by atoms with van der Waals surface area (Å²) in [6.45, 7) is 3.95. The molecule has 110 valence electrons. The Labute approximate surface area is 126 Å². The highest BCUT2D eigenvalue weighted by Gasteiger charge is 2.46. The summed E-state index contributed by atoms with van der Waals surface area (Å²) in [5, 5.41) is 0.124. The number of alkyl halides is 1. The molecule has 2 heterocycles. The Morgan fingerprint density at radius 1 is 1.10 bits per heavy atom. The molecule has 2 unspecified atom stereocenters. The summed E-state index contributed by atoms with van der Waals surface area (Å²) in [7, 11) is -3.39. The summed E-state index contributed by atoms with van der Waals surface area (Å²) in [6, 6.07) is 5.57. The molecule has 2 atom stereocenters. The van der Waals surface area contributed by atoms with Crippen molar-refractivity contribution < 1.29 is 8.42 Å². The lowest BCUT2D eigenvalue weighted by Gasteiger charge is -2.35. The van der Waals surface area contributed by atoms with Gasteiger partial charge in [0.1, 0.15) is 0 Å². The Bertz CT molecular complexity index is 615. The highest BCUT2D eigenvalue weighted by molar-refractivity contribution is 7.89. The normalized spacial score (nSPS) is 30.6. The minimum absolute atomic E-state index is 0.0860. The predicted octanol–water partition coefficient (Wildman–Crippen LogP) is 3.23. The van der Waals surface area contributed by atoms with E-state index in [2.05, 4.69) is 0 Å². The molecule has 0 spiro atoms. The minimum Gasteiger partial charge on any atom is -0.207 e. The largest absolute Gasteiger partial charge is 0.243 e. The molecule has 2 aliphatic heterocycles. The second-order valence-electron chi connectivity index (χ2n) is 6.03. The maximum Gasteiger partial charge on any atom is 0.243 e. The van der Waals surface area contributed by atoms with Gasteiger partial charge in [0.05, 0.1) is 4.90 Å². The number of halogens is 1. The van der Waals surface area contributed by atoms with Crippen LogP contribution in [-0.4, -0.2) is 30.2 Å². The highest BCUT2D eigenvalue weighted by atomic mass is 35.5. The molecule has 20 heavy (non-hydrogen) atoms. The number of sulfonamides is 1. The zero-order valence-electron chi connectivity index (χ0n) is 11.8. The van der Waals surface area contributed by atoms with Crippen LogP contribution in [0.25, 0.3) is 0 Å². The summed E-state index contributed by atoms with van der Waals surface area (Å²) in [4.78, 5) is 0.422. The average molecular weight is 314 g/mol. The van der Waals surface area contributed by atoms with E-state index in [1.165, 1.54) is 0 Å². The van der Waals surface area contributed by atoms with Crippen LogP contribution in [-0.2, 0) is 10.0 Å². The van der Waals surface area contributed by atoms with Crippen LogP contribution in [0.5, 0.6) is 0 Å². The first-order valence-electron chi connectivity index (χ1n) is 7.14. The molecule has 2 bridgehead atoms. The number of rotatable bonds is 2. The summed E-state index contributed by atoms with van der Waals surface area (Å²) < 4.78 is 27.5. The van der Waals surface area contributed by atoms with Crippen LogP contribution in [0.3, 0.4) is 0 Å². The van der Waals surface area contributed by atoms with Crippen LogP contribution >= 0.6 is 11.6 Å². The second kappa shape index (κ2) is 5.00. The molecule has 0 aliphatic carbocycles. The molecule has 2 fully saturated rings. The van der Waals surface area contributed by atoms with E-state index in [0.29, 0.717) is 4.90 Å². The fourth-order valence-corrected chi connectivity index (χ4v) is 5.84. The van der Waals surface area contributed by atoms with E-state index in [9.17, 15) is 8.42 Å². The Kier molecular flexibility index (Phi) is 3.59. The van der Waals surface area contributed by atoms with Crippen molar-refractivity contribution in [3.8, 4) is 0 Å². The van der Waals surface area contributed by atoms with Gasteiger partial charge in [0.25, 0.3) is 0 Å². The number of benzene rings is 1. The van der Waals surface area contributed by atoms with Gasteiger partial charge in [0, 0.05) is 17.5 Å². The SMILES string of the molecule is Cc1ccc(S(=O)(=O)N2C3CCC2CC(Cl)C3)cc1C. The van der Waals surface area contributed by atoms with Gasteiger partial charge in [-0.1, -0.05) is 6.07 Å². The molecular formula is C15H20ClNO2S. The number of hydrogen-bond acceptors (Lipinski definition) is 2. The van der Waals surface area contributed by atoms with Gasteiger partial charge in [-0.15, -0.1) is 11.6 Å². The monoisotopic (exact) mass is 313 g/mol. The molecule has 0 N–H and O–H groups in total. The number of piperidine rings is 1. The van der Waals surface area contributed by atoms with E-state index in [4.69, 9.17) is 11.6 Å². The number of fused-ring (bicyclic) bond motifs is 2. The van der Waals surface area contributed by atoms with Crippen molar-refractivity contribution in [3.63, 3.8) is 0 Å². The van der Waals surface area contributed by atoms with Gasteiger partial charge in [-0.25, -0.2) is 8.42 Å². The molecule has 5 heteroatoms. The lowest BCUT2D eigenvalue weighted by molar-refractivity contribution is 0.251. The molecule has 1 aromatic rings. The quantitative estimate of drug-likeness (QED) is 0.786. The third-order valence-electron chi connectivity index (χ3n) is 4.66. The van der Waals surface area contributed by atoms with Crippen LogP contribution in [0.2, 0.25) is 0 Å². The van der Waals surface area contributed by atoms with Crippen molar-refractivity contribution in [1.82, 2.24) is 4.31 Å². The predicted molar refractivity (Wildman–Crippen MR) is 80.6 cm³/mol. The zero-order chi connectivity index (χ0) is 14.5. The van der Waals surface area contributed by atoms with Crippen molar-refractivity contribution in [2.75, 3.05) is 0 Å². The van der Waals surface area contributed by atoms with E-state index in [0.717, 1.165) is 36.8 Å². The molecule has 3 rings (SSSR count). The van der Waals surface area contributed by atoms with E-state index >= 15 is 0 Å². The molecule has 0 aromatic heterocycles.